The van der Waals surface area contributed by atoms with E-state index in [1.54, 1.807) is 0 Å². The van der Waals surface area contributed by atoms with E-state index in [9.17, 15) is 9.36 Å². The van der Waals surface area contributed by atoms with Crippen molar-refractivity contribution in [2.75, 3.05) is 12.8 Å². The van der Waals surface area contributed by atoms with E-state index >= 15 is 0 Å². The Balaban J connectivity index is 0. The lowest BCUT2D eigenvalue weighted by Crippen LogP contribution is -2.30. The second-order valence-corrected chi connectivity index (χ2v) is 6.60. The molecule has 0 heterocycles. The van der Waals surface area contributed by atoms with Crippen LogP contribution in [0.1, 0.15) is 6.42 Å². The lowest BCUT2D eigenvalue weighted by atomic mass is 10.2. The predicted molar refractivity (Wildman–Crippen MR) is 55.1 cm³/mol. The van der Waals surface area contributed by atoms with Crippen LogP contribution in [0.3, 0.4) is 0 Å². The first kappa shape index (κ1) is 18.1. The average molecular weight is 279 g/mol. The van der Waals surface area contributed by atoms with Crippen LogP contribution in [0.2, 0.25) is 0 Å². The number of hydrogen-bond acceptors (Lipinski definition) is 4. The van der Waals surface area contributed by atoms with Gasteiger partial charge in [-0.3, -0.25) is 9.36 Å². The fraction of sp³-hybridized carbons (Fsp3) is 0.800. The predicted octanol–water partition coefficient (Wildman–Crippen LogP) is -1.24. The van der Waals surface area contributed by atoms with Crippen LogP contribution >= 0.6 is 15.2 Å². The molecule has 7 N–H and O–H groups in total. The lowest BCUT2D eigenvalue weighted by molar-refractivity contribution is -0.138. The molecule has 0 fully saturated rings. The first-order valence-corrected chi connectivity index (χ1v) is 7.74. The van der Waals surface area contributed by atoms with Gasteiger partial charge in [0.1, 0.15) is 6.04 Å². The topological polar surface area (TPSA) is 178 Å². The fourth-order valence-corrected chi connectivity index (χ4v) is 1.26. The highest BCUT2D eigenvalue weighted by atomic mass is 31.2. The molecule has 0 spiro atoms. The molecule has 0 radical (unpaired) electrons. The molecule has 11 heteroatoms. The van der Waals surface area contributed by atoms with E-state index in [2.05, 4.69) is 0 Å². The zero-order chi connectivity index (χ0) is 13.6. The van der Waals surface area contributed by atoms with Crippen molar-refractivity contribution in [3.05, 3.63) is 0 Å². The molecule has 0 bridgehead atoms. The highest BCUT2D eigenvalue weighted by Crippen LogP contribution is 2.35. The van der Waals surface area contributed by atoms with E-state index < -0.39 is 27.2 Å². The largest absolute Gasteiger partial charge is 0.480 e. The van der Waals surface area contributed by atoms with Crippen molar-refractivity contribution in [2.45, 2.75) is 12.5 Å². The summed E-state index contributed by atoms with van der Waals surface area (Å²) in [6.45, 7) is 1.18. The minimum atomic E-state index is -4.64. The van der Waals surface area contributed by atoms with Gasteiger partial charge < -0.3 is 30.4 Å². The zero-order valence-electron chi connectivity index (χ0n) is 8.42. The Hall–Kier alpha value is -0.270. The van der Waals surface area contributed by atoms with Gasteiger partial charge in [-0.25, -0.2) is 4.57 Å². The SMILES string of the molecule is CP(=O)(O)CC[C@H](N)C(=O)O.O=P(O)(O)O. The van der Waals surface area contributed by atoms with Gasteiger partial charge in [-0.05, 0) is 6.42 Å². The van der Waals surface area contributed by atoms with Crippen molar-refractivity contribution in [2.24, 2.45) is 5.73 Å². The Morgan fingerprint density at radius 2 is 1.56 bits per heavy atom. The maximum atomic E-state index is 10.6. The van der Waals surface area contributed by atoms with Crippen LogP contribution in [0.5, 0.6) is 0 Å². The number of hydrogen-bond donors (Lipinski definition) is 6. The van der Waals surface area contributed by atoms with Gasteiger partial charge in [0.25, 0.3) is 0 Å². The summed E-state index contributed by atoms with van der Waals surface area (Å²) in [4.78, 5) is 40.4. The highest BCUT2D eigenvalue weighted by molar-refractivity contribution is 7.57. The minimum absolute atomic E-state index is 0.0412. The van der Waals surface area contributed by atoms with Crippen molar-refractivity contribution < 1.29 is 38.6 Å². The van der Waals surface area contributed by atoms with Gasteiger partial charge in [0, 0.05) is 12.8 Å². The maximum Gasteiger partial charge on any atom is 0.466 e. The monoisotopic (exact) mass is 279 g/mol. The molecule has 1 unspecified atom stereocenters. The van der Waals surface area contributed by atoms with Crippen molar-refractivity contribution in [1.29, 1.82) is 0 Å². The molecule has 0 saturated heterocycles. The normalized spacial score (nSPS) is 16.6. The van der Waals surface area contributed by atoms with E-state index in [1.165, 1.54) is 6.66 Å². The zero-order valence-corrected chi connectivity index (χ0v) is 10.2. The summed E-state index contributed by atoms with van der Waals surface area (Å²) >= 11 is 0. The van der Waals surface area contributed by atoms with Gasteiger partial charge >= 0.3 is 13.8 Å². The van der Waals surface area contributed by atoms with Gasteiger partial charge in [0.05, 0.1) is 0 Å². The Bertz CT molecular complexity index is 297. The van der Waals surface area contributed by atoms with E-state index in [-0.39, 0.29) is 12.6 Å². The van der Waals surface area contributed by atoms with Crippen LogP contribution in [0, 0.1) is 0 Å². The van der Waals surface area contributed by atoms with Crippen LogP contribution in [0.4, 0.5) is 0 Å². The molecule has 0 aliphatic heterocycles. The molecule has 9 nitrogen and oxygen atoms in total. The molecule has 2 atom stereocenters. The van der Waals surface area contributed by atoms with Crippen LogP contribution in [-0.2, 0) is 13.9 Å². The summed E-state index contributed by atoms with van der Waals surface area (Å²) in [5, 5.41) is 8.28. The van der Waals surface area contributed by atoms with Crippen LogP contribution in [0.15, 0.2) is 0 Å². The molecule has 98 valence electrons. The second kappa shape index (κ2) is 7.13. The standard InChI is InChI=1S/C5H12NO4P.H3O4P/c1-11(9,10)3-2-4(6)5(7)8;1-5(2,3)4/h4H,2-3,6H2,1H3,(H,7,8)(H,9,10);(H3,1,2,3,4)/t4-;/m0./s1. The summed E-state index contributed by atoms with van der Waals surface area (Å²) in [6.07, 6.45) is 0.0000772. The van der Waals surface area contributed by atoms with E-state index in [1.807, 2.05) is 0 Å². The number of carboxylic acid groups (broad SMARTS) is 1. The molecule has 0 aromatic heterocycles. The molecule has 0 aromatic rings. The number of aliphatic carboxylic acids is 1. The minimum Gasteiger partial charge on any atom is -0.480 e. The Kier molecular flexibility index (Phi) is 8.07. The summed E-state index contributed by atoms with van der Waals surface area (Å²) in [7, 11) is -7.74. The third-order valence-corrected chi connectivity index (χ3v) is 2.26. The van der Waals surface area contributed by atoms with Crippen LogP contribution in [0.25, 0.3) is 0 Å². The Labute approximate surface area is 91.6 Å². The second-order valence-electron chi connectivity index (χ2n) is 3.02. The first-order chi connectivity index (χ1) is 6.83. The summed E-state index contributed by atoms with van der Waals surface area (Å²) < 4.78 is 19.5. The number of carbonyl (C=O) groups is 1. The molecule has 0 aromatic carbocycles. The van der Waals surface area contributed by atoms with Crippen molar-refractivity contribution in [3.63, 3.8) is 0 Å². The summed E-state index contributed by atoms with van der Waals surface area (Å²) in [6, 6.07) is -1.03. The molecule has 0 amide bonds. The molecular formula is C5H15NO8P2. The molecule has 0 rings (SSSR count). The third kappa shape index (κ3) is 23.5. The smallest absolute Gasteiger partial charge is 0.466 e. The van der Waals surface area contributed by atoms with E-state index in [0.29, 0.717) is 0 Å². The lowest BCUT2D eigenvalue weighted by Gasteiger charge is -2.07. The van der Waals surface area contributed by atoms with Gasteiger partial charge in [0.15, 0.2) is 7.37 Å². The fourth-order valence-electron chi connectivity index (χ4n) is 0.502. The number of carboxylic acids is 1. The molecule has 16 heavy (non-hydrogen) atoms. The number of rotatable bonds is 4. The number of nitrogens with two attached hydrogens (primary N) is 1. The average Bonchev–Trinajstić information content (AvgIpc) is 1.95. The van der Waals surface area contributed by atoms with Gasteiger partial charge in [0.2, 0.25) is 0 Å². The molecule has 0 saturated carbocycles. The van der Waals surface area contributed by atoms with Gasteiger partial charge in [-0.1, -0.05) is 0 Å². The Morgan fingerprint density at radius 3 is 1.75 bits per heavy atom. The van der Waals surface area contributed by atoms with Crippen molar-refractivity contribution in [3.8, 4) is 0 Å². The first-order valence-electron chi connectivity index (χ1n) is 3.89. The van der Waals surface area contributed by atoms with Crippen LogP contribution in [-0.4, -0.2) is 49.5 Å². The number of phosphoric acid groups is 1. The van der Waals surface area contributed by atoms with Gasteiger partial charge in [-0.2, -0.15) is 0 Å². The van der Waals surface area contributed by atoms with Crippen molar-refractivity contribution >= 4 is 21.2 Å². The molecular weight excluding hydrogens is 264 g/mol. The van der Waals surface area contributed by atoms with Crippen molar-refractivity contribution in [1.82, 2.24) is 0 Å². The van der Waals surface area contributed by atoms with Crippen LogP contribution < -0.4 is 5.73 Å². The quantitative estimate of drug-likeness (QED) is 0.343. The van der Waals surface area contributed by atoms with E-state index in [0.717, 1.165) is 0 Å². The maximum absolute atomic E-state index is 10.6. The van der Waals surface area contributed by atoms with Gasteiger partial charge in [-0.15, -0.1) is 0 Å². The highest BCUT2D eigenvalue weighted by Gasteiger charge is 2.16. The summed E-state index contributed by atoms with van der Waals surface area (Å²) in [5.74, 6) is -1.14. The molecule has 0 aliphatic rings. The Morgan fingerprint density at radius 1 is 1.25 bits per heavy atom. The summed E-state index contributed by atoms with van der Waals surface area (Å²) in [5.41, 5.74) is 5.09. The van der Waals surface area contributed by atoms with E-state index in [4.69, 9.17) is 35.0 Å². The molecule has 0 aliphatic carbocycles. The third-order valence-electron chi connectivity index (χ3n) is 1.17.